The van der Waals surface area contributed by atoms with Crippen LogP contribution in [0.2, 0.25) is 5.02 Å². The van der Waals surface area contributed by atoms with Gasteiger partial charge in [0.1, 0.15) is 17.3 Å². The summed E-state index contributed by atoms with van der Waals surface area (Å²) in [6, 6.07) is 11.6. The second kappa shape index (κ2) is 10.9. The Bertz CT molecular complexity index is 784. The number of likely N-dealkylation sites (N-methyl/N-ethyl adjacent to an activating group) is 1. The summed E-state index contributed by atoms with van der Waals surface area (Å²) in [4.78, 5) is 14.5. The first kappa shape index (κ1) is 22.0. The Kier molecular flexibility index (Phi) is 8.54. The lowest BCUT2D eigenvalue weighted by Crippen LogP contribution is -2.39. The van der Waals surface area contributed by atoms with Crippen molar-refractivity contribution in [3.05, 3.63) is 58.9 Å². The average Bonchev–Trinajstić information content (AvgIpc) is 2.70. The van der Waals surface area contributed by atoms with E-state index in [2.05, 4.69) is 24.1 Å². The number of ether oxygens (including phenoxy) is 2. The molecule has 5 nitrogen and oxygen atoms in total. The van der Waals surface area contributed by atoms with Crippen LogP contribution < -0.4 is 14.8 Å². The summed E-state index contributed by atoms with van der Waals surface area (Å²) in [7, 11) is 1.63. The third-order valence-electron chi connectivity index (χ3n) is 4.48. The van der Waals surface area contributed by atoms with Gasteiger partial charge in [0.25, 0.3) is 5.91 Å². The predicted molar refractivity (Wildman–Crippen MR) is 109 cm³/mol. The first-order chi connectivity index (χ1) is 13.5. The van der Waals surface area contributed by atoms with Gasteiger partial charge < -0.3 is 14.8 Å². The lowest BCUT2D eigenvalue weighted by molar-refractivity contribution is -0.123. The van der Waals surface area contributed by atoms with Crippen LogP contribution in [-0.4, -0.2) is 44.2 Å². The van der Waals surface area contributed by atoms with E-state index in [9.17, 15) is 9.18 Å². The highest BCUT2D eigenvalue weighted by molar-refractivity contribution is 6.32. The number of rotatable bonds is 10. The Hall–Kier alpha value is -2.31. The molecule has 0 aliphatic rings. The number of amides is 1. The lowest BCUT2D eigenvalue weighted by atomic mass is 10.0. The second-order valence-corrected chi connectivity index (χ2v) is 6.59. The SMILES string of the molecule is CCN(CC)C(CNC(=O)COc1ccc(F)cc1Cl)c1cccc(OC)c1. The number of benzene rings is 2. The van der Waals surface area contributed by atoms with Gasteiger partial charge in [0.15, 0.2) is 6.61 Å². The van der Waals surface area contributed by atoms with Crippen molar-refractivity contribution in [2.75, 3.05) is 33.4 Å². The number of nitrogens with zero attached hydrogens (tertiary/aromatic N) is 1. The van der Waals surface area contributed by atoms with Crippen molar-refractivity contribution in [2.24, 2.45) is 0 Å². The van der Waals surface area contributed by atoms with Crippen LogP contribution >= 0.6 is 11.6 Å². The zero-order valence-corrected chi connectivity index (χ0v) is 17.1. The Labute approximate surface area is 170 Å². The molecule has 0 aliphatic carbocycles. The first-order valence-electron chi connectivity index (χ1n) is 9.21. The van der Waals surface area contributed by atoms with Crippen LogP contribution in [0.3, 0.4) is 0 Å². The molecule has 1 N–H and O–H groups in total. The number of hydrogen-bond donors (Lipinski definition) is 1. The molecule has 0 spiro atoms. The molecule has 2 aromatic rings. The topological polar surface area (TPSA) is 50.8 Å². The number of halogens is 2. The maximum atomic E-state index is 13.1. The van der Waals surface area contributed by atoms with Gasteiger partial charge in [-0.3, -0.25) is 9.69 Å². The van der Waals surface area contributed by atoms with Crippen molar-refractivity contribution < 1.29 is 18.7 Å². The molecule has 0 heterocycles. The lowest BCUT2D eigenvalue weighted by Gasteiger charge is -2.30. The van der Waals surface area contributed by atoms with Crippen LogP contribution in [0, 0.1) is 5.82 Å². The fourth-order valence-electron chi connectivity index (χ4n) is 2.97. The maximum Gasteiger partial charge on any atom is 0.258 e. The minimum atomic E-state index is -0.456. The molecule has 0 bridgehead atoms. The summed E-state index contributed by atoms with van der Waals surface area (Å²) in [6.45, 7) is 6.07. The molecule has 0 fully saturated rings. The predicted octanol–water partition coefficient (Wildman–Crippen LogP) is 4.07. The van der Waals surface area contributed by atoms with Gasteiger partial charge in [-0.15, -0.1) is 0 Å². The van der Waals surface area contributed by atoms with Gasteiger partial charge >= 0.3 is 0 Å². The summed E-state index contributed by atoms with van der Waals surface area (Å²) in [5, 5.41) is 3.04. The monoisotopic (exact) mass is 408 g/mol. The standard InChI is InChI=1S/C21H26ClFN2O3/c1-4-25(5-2)19(15-7-6-8-17(11-15)27-3)13-24-21(26)14-28-20-10-9-16(23)12-18(20)22/h6-12,19H,4-5,13-14H2,1-3H3,(H,24,26). The van der Waals surface area contributed by atoms with E-state index in [1.165, 1.54) is 12.1 Å². The molecular weight excluding hydrogens is 383 g/mol. The average molecular weight is 409 g/mol. The molecule has 0 saturated carbocycles. The summed E-state index contributed by atoms with van der Waals surface area (Å²) < 4.78 is 23.8. The summed E-state index contributed by atoms with van der Waals surface area (Å²) in [5.74, 6) is 0.309. The molecule has 0 aromatic heterocycles. The van der Waals surface area contributed by atoms with Crippen molar-refractivity contribution in [1.82, 2.24) is 10.2 Å². The summed E-state index contributed by atoms with van der Waals surface area (Å²) in [6.07, 6.45) is 0. The molecule has 2 rings (SSSR count). The van der Waals surface area contributed by atoms with Crippen LogP contribution in [0.15, 0.2) is 42.5 Å². The molecule has 0 aliphatic heterocycles. The highest BCUT2D eigenvalue weighted by Crippen LogP contribution is 2.25. The van der Waals surface area contributed by atoms with E-state index in [0.717, 1.165) is 30.5 Å². The molecule has 2 aromatic carbocycles. The smallest absolute Gasteiger partial charge is 0.258 e. The largest absolute Gasteiger partial charge is 0.497 e. The first-order valence-corrected chi connectivity index (χ1v) is 9.58. The molecule has 0 saturated heterocycles. The van der Waals surface area contributed by atoms with Crippen LogP contribution in [0.1, 0.15) is 25.5 Å². The van der Waals surface area contributed by atoms with Gasteiger partial charge in [0.05, 0.1) is 18.2 Å². The number of methoxy groups -OCH3 is 1. The van der Waals surface area contributed by atoms with E-state index in [1.54, 1.807) is 7.11 Å². The van der Waals surface area contributed by atoms with E-state index in [-0.39, 0.29) is 29.3 Å². The van der Waals surface area contributed by atoms with E-state index >= 15 is 0 Å². The summed E-state index contributed by atoms with van der Waals surface area (Å²) in [5.41, 5.74) is 1.06. The number of carbonyl (C=O) groups excluding carboxylic acids is 1. The zero-order chi connectivity index (χ0) is 20.5. The van der Waals surface area contributed by atoms with E-state index < -0.39 is 5.82 Å². The molecule has 0 radical (unpaired) electrons. The fraction of sp³-hybridized carbons (Fsp3) is 0.381. The third-order valence-corrected chi connectivity index (χ3v) is 4.77. The number of carbonyl (C=O) groups is 1. The molecule has 1 unspecified atom stereocenters. The quantitative estimate of drug-likeness (QED) is 0.644. The normalized spacial score (nSPS) is 11.9. The van der Waals surface area contributed by atoms with Gasteiger partial charge in [0.2, 0.25) is 0 Å². The van der Waals surface area contributed by atoms with Crippen molar-refractivity contribution >= 4 is 17.5 Å². The second-order valence-electron chi connectivity index (χ2n) is 6.18. The Morgan fingerprint density at radius 1 is 1.21 bits per heavy atom. The molecule has 1 atom stereocenters. The summed E-state index contributed by atoms with van der Waals surface area (Å²) >= 11 is 5.91. The minimum absolute atomic E-state index is 0.00320. The highest BCUT2D eigenvalue weighted by atomic mass is 35.5. The molecule has 152 valence electrons. The van der Waals surface area contributed by atoms with Crippen molar-refractivity contribution in [1.29, 1.82) is 0 Å². The van der Waals surface area contributed by atoms with Crippen molar-refractivity contribution in [3.8, 4) is 11.5 Å². The van der Waals surface area contributed by atoms with E-state index in [4.69, 9.17) is 21.1 Å². The van der Waals surface area contributed by atoms with E-state index in [1.807, 2.05) is 24.3 Å². The number of nitrogens with one attached hydrogen (secondary N) is 1. The van der Waals surface area contributed by atoms with Crippen LogP contribution in [0.4, 0.5) is 4.39 Å². The van der Waals surface area contributed by atoms with Gasteiger partial charge in [-0.1, -0.05) is 37.6 Å². The Balaban J connectivity index is 2.00. The van der Waals surface area contributed by atoms with Crippen molar-refractivity contribution in [2.45, 2.75) is 19.9 Å². The third kappa shape index (κ3) is 6.11. The highest BCUT2D eigenvalue weighted by Gasteiger charge is 2.19. The molecule has 28 heavy (non-hydrogen) atoms. The van der Waals surface area contributed by atoms with E-state index in [0.29, 0.717) is 6.54 Å². The van der Waals surface area contributed by atoms with Crippen LogP contribution in [0.5, 0.6) is 11.5 Å². The minimum Gasteiger partial charge on any atom is -0.497 e. The number of hydrogen-bond acceptors (Lipinski definition) is 4. The molecule has 1 amide bonds. The maximum absolute atomic E-state index is 13.1. The van der Waals surface area contributed by atoms with Gasteiger partial charge in [-0.2, -0.15) is 0 Å². The molecular formula is C21H26ClFN2O3. The Morgan fingerprint density at radius 2 is 1.96 bits per heavy atom. The van der Waals surface area contributed by atoms with Crippen LogP contribution in [-0.2, 0) is 4.79 Å². The van der Waals surface area contributed by atoms with Gasteiger partial charge in [0, 0.05) is 6.54 Å². The van der Waals surface area contributed by atoms with Gasteiger partial charge in [-0.05, 0) is 49.0 Å². The van der Waals surface area contributed by atoms with Crippen LogP contribution in [0.25, 0.3) is 0 Å². The Morgan fingerprint density at radius 3 is 2.61 bits per heavy atom. The van der Waals surface area contributed by atoms with Gasteiger partial charge in [-0.25, -0.2) is 4.39 Å². The molecule has 7 heteroatoms. The van der Waals surface area contributed by atoms with Crippen molar-refractivity contribution in [3.63, 3.8) is 0 Å². The fourth-order valence-corrected chi connectivity index (χ4v) is 3.19. The zero-order valence-electron chi connectivity index (χ0n) is 16.4.